The lowest BCUT2D eigenvalue weighted by molar-refractivity contribution is -0.123. The number of ether oxygens (including phenoxy) is 1. The highest BCUT2D eigenvalue weighted by Gasteiger charge is 2.51. The second-order valence-corrected chi connectivity index (χ2v) is 5.64. The molecule has 114 valence electrons. The summed E-state index contributed by atoms with van der Waals surface area (Å²) in [5.41, 5.74) is 2.29. The fourth-order valence-electron chi connectivity index (χ4n) is 2.53. The lowest BCUT2D eigenvalue weighted by Gasteiger charge is -2.16. The van der Waals surface area contributed by atoms with E-state index < -0.39 is 0 Å². The highest BCUT2D eigenvalue weighted by molar-refractivity contribution is 5.91. The number of hydrogen-bond donors (Lipinski definition) is 1. The molecule has 1 aliphatic carbocycles. The zero-order valence-electron chi connectivity index (χ0n) is 12.8. The summed E-state index contributed by atoms with van der Waals surface area (Å²) in [6, 6.07) is 7.73. The van der Waals surface area contributed by atoms with Gasteiger partial charge in [0.05, 0.1) is 36.7 Å². The van der Waals surface area contributed by atoms with Gasteiger partial charge in [0.2, 0.25) is 5.91 Å². The van der Waals surface area contributed by atoms with Crippen LogP contribution in [0.4, 0.5) is 0 Å². The third kappa shape index (κ3) is 2.79. The third-order valence-electron chi connectivity index (χ3n) is 4.09. The van der Waals surface area contributed by atoms with Crippen molar-refractivity contribution in [2.75, 3.05) is 7.11 Å². The van der Waals surface area contributed by atoms with Gasteiger partial charge in [-0.15, -0.1) is 0 Å². The predicted molar refractivity (Wildman–Crippen MR) is 82.5 cm³/mol. The summed E-state index contributed by atoms with van der Waals surface area (Å²) in [6.07, 6.45) is 5.16. The zero-order chi connectivity index (χ0) is 15.6. The number of amides is 1. The van der Waals surface area contributed by atoms with Gasteiger partial charge < -0.3 is 10.1 Å². The van der Waals surface area contributed by atoms with E-state index in [4.69, 9.17) is 4.74 Å². The van der Waals surface area contributed by atoms with E-state index in [2.05, 4.69) is 15.3 Å². The average Bonchev–Trinajstić information content (AvgIpc) is 3.36. The Bertz CT molecular complexity index is 661. The Kier molecular flexibility index (Phi) is 3.79. The van der Waals surface area contributed by atoms with Crippen LogP contribution in [-0.4, -0.2) is 23.0 Å². The molecule has 0 bridgehead atoms. The molecule has 1 amide bonds. The van der Waals surface area contributed by atoms with Crippen molar-refractivity contribution < 1.29 is 9.53 Å². The summed E-state index contributed by atoms with van der Waals surface area (Å²) in [5, 5.41) is 2.98. The van der Waals surface area contributed by atoms with E-state index in [-0.39, 0.29) is 11.3 Å². The van der Waals surface area contributed by atoms with Crippen LogP contribution in [0, 0.1) is 6.92 Å². The highest BCUT2D eigenvalue weighted by Crippen LogP contribution is 2.48. The first-order valence-electron chi connectivity index (χ1n) is 7.34. The molecule has 3 rings (SSSR count). The SMILES string of the molecule is COc1ccc(C2(C(=O)NCc3cnc(C)cn3)CC2)cc1. The first-order chi connectivity index (χ1) is 10.6. The van der Waals surface area contributed by atoms with Crippen LogP contribution in [0.5, 0.6) is 5.75 Å². The van der Waals surface area contributed by atoms with E-state index in [0.29, 0.717) is 6.54 Å². The number of benzene rings is 1. The fourth-order valence-corrected chi connectivity index (χ4v) is 2.53. The Labute approximate surface area is 129 Å². The van der Waals surface area contributed by atoms with Gasteiger partial charge >= 0.3 is 0 Å². The summed E-state index contributed by atoms with van der Waals surface area (Å²) in [4.78, 5) is 21.0. The maximum Gasteiger partial charge on any atom is 0.230 e. The lowest BCUT2D eigenvalue weighted by atomic mass is 9.95. The van der Waals surface area contributed by atoms with Gasteiger partial charge in [-0.3, -0.25) is 14.8 Å². The van der Waals surface area contributed by atoms with Crippen LogP contribution in [0.15, 0.2) is 36.7 Å². The van der Waals surface area contributed by atoms with Crippen molar-refractivity contribution >= 4 is 5.91 Å². The van der Waals surface area contributed by atoms with Crippen LogP contribution in [-0.2, 0) is 16.8 Å². The molecule has 0 atom stereocenters. The first kappa shape index (κ1) is 14.5. The minimum absolute atomic E-state index is 0.0556. The van der Waals surface area contributed by atoms with Crippen LogP contribution >= 0.6 is 0 Å². The van der Waals surface area contributed by atoms with E-state index in [1.165, 1.54) is 0 Å². The molecular weight excluding hydrogens is 278 g/mol. The van der Waals surface area contributed by atoms with E-state index in [1.54, 1.807) is 19.5 Å². The van der Waals surface area contributed by atoms with Gasteiger partial charge in [0, 0.05) is 6.20 Å². The van der Waals surface area contributed by atoms with Crippen molar-refractivity contribution in [3.63, 3.8) is 0 Å². The summed E-state index contributed by atoms with van der Waals surface area (Å²) < 4.78 is 5.16. The Morgan fingerprint density at radius 3 is 2.50 bits per heavy atom. The Morgan fingerprint density at radius 2 is 1.95 bits per heavy atom. The van der Waals surface area contributed by atoms with Gasteiger partial charge in [-0.1, -0.05) is 12.1 Å². The molecule has 1 aromatic carbocycles. The van der Waals surface area contributed by atoms with Crippen molar-refractivity contribution in [3.8, 4) is 5.75 Å². The molecule has 0 spiro atoms. The minimum atomic E-state index is -0.385. The van der Waals surface area contributed by atoms with Crippen molar-refractivity contribution in [1.82, 2.24) is 15.3 Å². The lowest BCUT2D eigenvalue weighted by Crippen LogP contribution is -2.34. The molecule has 1 fully saturated rings. The largest absolute Gasteiger partial charge is 0.497 e. The second kappa shape index (κ2) is 5.75. The number of rotatable bonds is 5. The molecule has 2 aromatic rings. The van der Waals surface area contributed by atoms with Crippen molar-refractivity contribution in [3.05, 3.63) is 53.6 Å². The molecule has 1 saturated carbocycles. The van der Waals surface area contributed by atoms with Crippen molar-refractivity contribution in [1.29, 1.82) is 0 Å². The maximum atomic E-state index is 12.5. The molecule has 5 nitrogen and oxygen atoms in total. The van der Waals surface area contributed by atoms with Gasteiger partial charge in [0.1, 0.15) is 5.75 Å². The van der Waals surface area contributed by atoms with E-state index >= 15 is 0 Å². The molecule has 0 aliphatic heterocycles. The van der Waals surface area contributed by atoms with Crippen LogP contribution in [0.3, 0.4) is 0 Å². The molecule has 0 saturated heterocycles. The molecule has 1 aliphatic rings. The van der Waals surface area contributed by atoms with Gasteiger partial charge in [0.25, 0.3) is 0 Å². The highest BCUT2D eigenvalue weighted by atomic mass is 16.5. The summed E-state index contributed by atoms with van der Waals surface area (Å²) in [7, 11) is 1.64. The number of aryl methyl sites for hydroxylation is 1. The molecule has 1 N–H and O–H groups in total. The first-order valence-corrected chi connectivity index (χ1v) is 7.34. The maximum absolute atomic E-state index is 12.5. The van der Waals surface area contributed by atoms with E-state index in [0.717, 1.165) is 35.5 Å². The van der Waals surface area contributed by atoms with Crippen molar-refractivity contribution in [2.45, 2.75) is 31.7 Å². The van der Waals surface area contributed by atoms with Crippen LogP contribution in [0.2, 0.25) is 0 Å². The predicted octanol–water partition coefficient (Wildman–Crippen LogP) is 2.14. The number of nitrogens with one attached hydrogen (secondary N) is 1. The van der Waals surface area contributed by atoms with Gasteiger partial charge in [-0.05, 0) is 37.5 Å². The number of methoxy groups -OCH3 is 1. The quantitative estimate of drug-likeness (QED) is 0.918. The normalized spacial score (nSPS) is 15.2. The summed E-state index contributed by atoms with van der Waals surface area (Å²) in [5.74, 6) is 0.856. The van der Waals surface area contributed by atoms with Gasteiger partial charge in [0.15, 0.2) is 0 Å². The molecule has 1 aromatic heterocycles. The minimum Gasteiger partial charge on any atom is -0.497 e. The summed E-state index contributed by atoms with van der Waals surface area (Å²) in [6.45, 7) is 2.29. The Balaban J connectivity index is 1.67. The molecule has 5 heteroatoms. The standard InChI is InChI=1S/C17H19N3O2/c1-12-9-19-14(10-18-12)11-20-16(21)17(7-8-17)13-3-5-15(22-2)6-4-13/h3-6,9-10H,7-8,11H2,1-2H3,(H,20,21). The number of carbonyl (C=O) groups excluding carboxylic acids is 1. The molecule has 22 heavy (non-hydrogen) atoms. The molecule has 0 unspecified atom stereocenters. The number of hydrogen-bond acceptors (Lipinski definition) is 4. The number of nitrogens with zero attached hydrogens (tertiary/aromatic N) is 2. The van der Waals surface area contributed by atoms with Gasteiger partial charge in [-0.2, -0.15) is 0 Å². The fraction of sp³-hybridized carbons (Fsp3) is 0.353. The number of aromatic nitrogens is 2. The monoisotopic (exact) mass is 297 g/mol. The van der Waals surface area contributed by atoms with Gasteiger partial charge in [-0.25, -0.2) is 0 Å². The second-order valence-electron chi connectivity index (χ2n) is 5.64. The summed E-state index contributed by atoms with van der Waals surface area (Å²) >= 11 is 0. The smallest absolute Gasteiger partial charge is 0.230 e. The zero-order valence-corrected chi connectivity index (χ0v) is 12.8. The molecule has 1 heterocycles. The van der Waals surface area contributed by atoms with E-state index in [9.17, 15) is 4.79 Å². The number of carbonyl (C=O) groups is 1. The topological polar surface area (TPSA) is 64.1 Å². The molecular formula is C17H19N3O2. The Morgan fingerprint density at radius 1 is 1.23 bits per heavy atom. The van der Waals surface area contributed by atoms with E-state index in [1.807, 2.05) is 31.2 Å². The van der Waals surface area contributed by atoms with Crippen molar-refractivity contribution in [2.24, 2.45) is 0 Å². The molecule has 0 radical (unpaired) electrons. The third-order valence-corrected chi connectivity index (χ3v) is 4.09. The Hall–Kier alpha value is -2.43. The van der Waals surface area contributed by atoms with Crippen LogP contribution < -0.4 is 10.1 Å². The average molecular weight is 297 g/mol. The van der Waals surface area contributed by atoms with Crippen LogP contribution in [0.1, 0.15) is 29.8 Å². The van der Waals surface area contributed by atoms with Crippen LogP contribution in [0.25, 0.3) is 0 Å².